The summed E-state index contributed by atoms with van der Waals surface area (Å²) in [5.74, 6) is 1.98. The van der Waals surface area contributed by atoms with Gasteiger partial charge in [0.05, 0.1) is 13.7 Å². The second-order valence-electron chi connectivity index (χ2n) is 3.87. The third-order valence-electron chi connectivity index (χ3n) is 2.43. The Morgan fingerprint density at radius 2 is 2.00 bits per heavy atom. The lowest BCUT2D eigenvalue weighted by Crippen LogP contribution is -2.08. The summed E-state index contributed by atoms with van der Waals surface area (Å²) in [4.78, 5) is 12.8. The first-order chi connectivity index (χ1) is 9.24. The number of hydrogen-bond donors (Lipinski definition) is 2. The van der Waals surface area contributed by atoms with Crippen molar-refractivity contribution in [2.45, 2.75) is 20.4 Å². The van der Waals surface area contributed by atoms with E-state index in [1.807, 2.05) is 19.2 Å². The van der Waals surface area contributed by atoms with Gasteiger partial charge in [-0.1, -0.05) is 0 Å². The molecule has 2 heterocycles. The van der Waals surface area contributed by atoms with E-state index in [2.05, 4.69) is 25.6 Å². The standard InChI is InChI=1S/C12H17N5OS/c1-4-13-11-10(18-3)12(16-7-15-11)14-5-9-17-8(2)6-19-9/h6-7H,4-5H2,1-3H3,(H2,13,14,15,16). The molecule has 0 atom stereocenters. The largest absolute Gasteiger partial charge is 0.490 e. The van der Waals surface area contributed by atoms with Crippen molar-refractivity contribution in [1.29, 1.82) is 0 Å². The van der Waals surface area contributed by atoms with Gasteiger partial charge in [-0.05, 0) is 13.8 Å². The summed E-state index contributed by atoms with van der Waals surface area (Å²) in [6.07, 6.45) is 1.51. The summed E-state index contributed by atoms with van der Waals surface area (Å²) in [7, 11) is 1.61. The minimum Gasteiger partial charge on any atom is -0.490 e. The zero-order chi connectivity index (χ0) is 13.7. The monoisotopic (exact) mass is 279 g/mol. The van der Waals surface area contributed by atoms with Crippen LogP contribution in [0.25, 0.3) is 0 Å². The van der Waals surface area contributed by atoms with Crippen LogP contribution in [0.1, 0.15) is 17.6 Å². The quantitative estimate of drug-likeness (QED) is 0.845. The summed E-state index contributed by atoms with van der Waals surface area (Å²) in [6, 6.07) is 0. The van der Waals surface area contributed by atoms with Gasteiger partial charge in [-0.15, -0.1) is 11.3 Å². The van der Waals surface area contributed by atoms with Crippen LogP contribution in [0.15, 0.2) is 11.7 Å². The Morgan fingerprint density at radius 3 is 2.58 bits per heavy atom. The molecule has 0 aliphatic carbocycles. The van der Waals surface area contributed by atoms with E-state index in [0.717, 1.165) is 17.2 Å². The average Bonchev–Trinajstić information content (AvgIpc) is 2.83. The molecule has 0 unspecified atom stereocenters. The molecule has 2 rings (SSSR count). The highest BCUT2D eigenvalue weighted by molar-refractivity contribution is 7.09. The van der Waals surface area contributed by atoms with Crippen molar-refractivity contribution in [3.05, 3.63) is 22.4 Å². The highest BCUT2D eigenvalue weighted by atomic mass is 32.1. The molecule has 0 fully saturated rings. The number of thiazole rings is 1. The topological polar surface area (TPSA) is 72.0 Å². The van der Waals surface area contributed by atoms with Crippen LogP contribution in [-0.4, -0.2) is 28.6 Å². The van der Waals surface area contributed by atoms with Gasteiger partial charge in [0, 0.05) is 17.6 Å². The molecule has 0 saturated carbocycles. The minimum absolute atomic E-state index is 0.622. The number of methoxy groups -OCH3 is 1. The van der Waals surface area contributed by atoms with Crippen LogP contribution >= 0.6 is 11.3 Å². The Labute approximate surface area is 116 Å². The number of hydrogen-bond acceptors (Lipinski definition) is 7. The molecule has 19 heavy (non-hydrogen) atoms. The predicted octanol–water partition coefficient (Wildman–Crippen LogP) is 2.29. The van der Waals surface area contributed by atoms with E-state index in [-0.39, 0.29) is 0 Å². The van der Waals surface area contributed by atoms with Crippen LogP contribution in [0.5, 0.6) is 5.75 Å². The first kappa shape index (κ1) is 13.5. The van der Waals surface area contributed by atoms with Crippen LogP contribution in [0.2, 0.25) is 0 Å². The van der Waals surface area contributed by atoms with E-state index in [1.165, 1.54) is 6.33 Å². The van der Waals surface area contributed by atoms with Gasteiger partial charge in [0.25, 0.3) is 0 Å². The van der Waals surface area contributed by atoms with Crippen LogP contribution in [0.3, 0.4) is 0 Å². The number of aromatic nitrogens is 3. The molecule has 2 aromatic heterocycles. The fourth-order valence-electron chi connectivity index (χ4n) is 1.63. The molecule has 0 bridgehead atoms. The lowest BCUT2D eigenvalue weighted by Gasteiger charge is -2.12. The normalized spacial score (nSPS) is 10.3. The second-order valence-corrected chi connectivity index (χ2v) is 4.81. The van der Waals surface area contributed by atoms with Crippen molar-refractivity contribution in [2.75, 3.05) is 24.3 Å². The van der Waals surface area contributed by atoms with E-state index in [4.69, 9.17) is 4.74 Å². The second kappa shape index (κ2) is 6.33. The number of ether oxygens (including phenoxy) is 1. The van der Waals surface area contributed by atoms with Gasteiger partial charge in [-0.3, -0.25) is 0 Å². The van der Waals surface area contributed by atoms with E-state index in [0.29, 0.717) is 23.9 Å². The predicted molar refractivity (Wildman–Crippen MR) is 76.9 cm³/mol. The summed E-state index contributed by atoms with van der Waals surface area (Å²) < 4.78 is 5.36. The maximum absolute atomic E-state index is 5.36. The number of rotatable bonds is 6. The van der Waals surface area contributed by atoms with Crippen LogP contribution in [0, 0.1) is 6.92 Å². The molecule has 0 radical (unpaired) electrons. The lowest BCUT2D eigenvalue weighted by molar-refractivity contribution is 0.414. The van der Waals surface area contributed by atoms with Gasteiger partial charge >= 0.3 is 0 Å². The molecular formula is C12H17N5OS. The minimum atomic E-state index is 0.622. The molecule has 0 aliphatic heterocycles. The van der Waals surface area contributed by atoms with Crippen molar-refractivity contribution >= 4 is 23.0 Å². The zero-order valence-electron chi connectivity index (χ0n) is 11.2. The number of aryl methyl sites for hydroxylation is 1. The van der Waals surface area contributed by atoms with E-state index in [1.54, 1.807) is 18.4 Å². The summed E-state index contributed by atoms with van der Waals surface area (Å²) in [5.41, 5.74) is 1.03. The molecule has 0 saturated heterocycles. The molecular weight excluding hydrogens is 262 g/mol. The molecule has 7 heteroatoms. The maximum atomic E-state index is 5.36. The molecule has 6 nitrogen and oxygen atoms in total. The molecule has 102 valence electrons. The Morgan fingerprint density at radius 1 is 1.26 bits per heavy atom. The van der Waals surface area contributed by atoms with Crippen molar-refractivity contribution in [1.82, 2.24) is 15.0 Å². The van der Waals surface area contributed by atoms with E-state index in [9.17, 15) is 0 Å². The molecule has 2 aromatic rings. The summed E-state index contributed by atoms with van der Waals surface area (Å²) in [5, 5.41) is 9.41. The zero-order valence-corrected chi connectivity index (χ0v) is 12.0. The van der Waals surface area contributed by atoms with Gasteiger partial charge in [0.1, 0.15) is 11.3 Å². The van der Waals surface area contributed by atoms with Crippen molar-refractivity contribution in [3.8, 4) is 5.75 Å². The van der Waals surface area contributed by atoms with Crippen LogP contribution in [0.4, 0.5) is 11.6 Å². The molecule has 2 N–H and O–H groups in total. The average molecular weight is 279 g/mol. The fourth-order valence-corrected chi connectivity index (χ4v) is 2.34. The molecule has 0 aliphatic rings. The van der Waals surface area contributed by atoms with Gasteiger partial charge in [0.15, 0.2) is 11.6 Å². The van der Waals surface area contributed by atoms with Crippen molar-refractivity contribution in [2.24, 2.45) is 0 Å². The van der Waals surface area contributed by atoms with Crippen molar-refractivity contribution < 1.29 is 4.74 Å². The molecule has 0 spiro atoms. The highest BCUT2D eigenvalue weighted by Crippen LogP contribution is 2.29. The Hall–Kier alpha value is -1.89. The van der Waals surface area contributed by atoms with Gasteiger partial charge in [-0.2, -0.15) is 0 Å². The Bertz CT molecular complexity index is 543. The summed E-state index contributed by atoms with van der Waals surface area (Å²) >= 11 is 1.62. The first-order valence-corrected chi connectivity index (χ1v) is 6.90. The van der Waals surface area contributed by atoms with E-state index >= 15 is 0 Å². The fraction of sp³-hybridized carbons (Fsp3) is 0.417. The smallest absolute Gasteiger partial charge is 0.204 e. The summed E-state index contributed by atoms with van der Waals surface area (Å²) in [6.45, 7) is 5.39. The maximum Gasteiger partial charge on any atom is 0.204 e. The molecule has 0 aromatic carbocycles. The van der Waals surface area contributed by atoms with Gasteiger partial charge in [-0.25, -0.2) is 15.0 Å². The van der Waals surface area contributed by atoms with Crippen LogP contribution in [-0.2, 0) is 6.54 Å². The van der Waals surface area contributed by atoms with Gasteiger partial charge in [0.2, 0.25) is 5.75 Å². The van der Waals surface area contributed by atoms with Crippen molar-refractivity contribution in [3.63, 3.8) is 0 Å². The lowest BCUT2D eigenvalue weighted by atomic mass is 10.4. The third-order valence-corrected chi connectivity index (χ3v) is 3.39. The third kappa shape index (κ3) is 3.31. The van der Waals surface area contributed by atoms with Crippen LogP contribution < -0.4 is 15.4 Å². The van der Waals surface area contributed by atoms with E-state index < -0.39 is 0 Å². The van der Waals surface area contributed by atoms with Gasteiger partial charge < -0.3 is 15.4 Å². The first-order valence-electron chi connectivity index (χ1n) is 6.02. The number of nitrogens with zero attached hydrogens (tertiary/aromatic N) is 3. The Kier molecular flexibility index (Phi) is 4.51. The highest BCUT2D eigenvalue weighted by Gasteiger charge is 2.11. The molecule has 0 amide bonds. The SMILES string of the molecule is CCNc1ncnc(NCc2nc(C)cs2)c1OC. The number of nitrogens with one attached hydrogen (secondary N) is 2. The Balaban J connectivity index is 2.13. The number of anilines is 2.